The number of benzene rings is 1. The second kappa shape index (κ2) is 8.50. The van der Waals surface area contributed by atoms with Gasteiger partial charge in [-0.2, -0.15) is 0 Å². The zero-order valence-corrected chi connectivity index (χ0v) is 14.3. The molecule has 3 N–H and O–H groups in total. The molecular weight excluding hydrogens is 362 g/mol. The van der Waals surface area contributed by atoms with Crippen LogP contribution < -0.4 is 16.0 Å². The van der Waals surface area contributed by atoms with Gasteiger partial charge in [-0.3, -0.25) is 9.59 Å². The van der Waals surface area contributed by atoms with Crippen molar-refractivity contribution in [1.82, 2.24) is 10.6 Å². The number of rotatable bonds is 7. The quantitative estimate of drug-likeness (QED) is 0.643. The van der Waals surface area contributed by atoms with Crippen LogP contribution in [0.4, 0.5) is 5.69 Å². The average Bonchev–Trinajstić information content (AvgIpc) is 2.96. The molecule has 0 spiro atoms. The maximum absolute atomic E-state index is 11.9. The molecule has 0 fully saturated rings. The van der Waals surface area contributed by atoms with E-state index in [1.165, 1.54) is 0 Å². The minimum absolute atomic E-state index is 0.0301. The monoisotopic (exact) mass is 379 g/mol. The summed E-state index contributed by atoms with van der Waals surface area (Å²) in [5.74, 6) is -0.129. The first-order chi connectivity index (χ1) is 11.1. The Hall–Kier alpha value is -2.12. The van der Waals surface area contributed by atoms with Crippen LogP contribution in [-0.2, 0) is 11.2 Å². The largest absolute Gasteiger partial charge is 0.444 e. The molecule has 122 valence electrons. The van der Waals surface area contributed by atoms with Gasteiger partial charge in [0.05, 0.1) is 6.42 Å². The Labute approximate surface area is 142 Å². The van der Waals surface area contributed by atoms with Crippen LogP contribution in [0.5, 0.6) is 0 Å². The lowest BCUT2D eigenvalue weighted by Crippen LogP contribution is -2.31. The summed E-state index contributed by atoms with van der Waals surface area (Å²) < 4.78 is 5.69. The summed E-state index contributed by atoms with van der Waals surface area (Å²) >= 11 is 3.15. The molecule has 23 heavy (non-hydrogen) atoms. The third kappa shape index (κ3) is 5.54. The molecule has 0 saturated heterocycles. The number of hydrogen-bond acceptors (Lipinski definition) is 4. The van der Waals surface area contributed by atoms with E-state index in [0.717, 1.165) is 12.1 Å². The van der Waals surface area contributed by atoms with E-state index >= 15 is 0 Å². The van der Waals surface area contributed by atoms with Crippen molar-refractivity contribution in [1.29, 1.82) is 0 Å². The van der Waals surface area contributed by atoms with E-state index in [1.807, 2.05) is 19.2 Å². The summed E-state index contributed by atoms with van der Waals surface area (Å²) in [6.07, 6.45) is 0.309. The molecule has 0 saturated carbocycles. The lowest BCUT2D eigenvalue weighted by atomic mass is 10.1. The highest BCUT2D eigenvalue weighted by molar-refractivity contribution is 9.10. The van der Waals surface area contributed by atoms with Gasteiger partial charge in [0.2, 0.25) is 5.91 Å². The molecule has 0 aliphatic heterocycles. The first-order valence-corrected chi connectivity index (χ1v) is 7.94. The van der Waals surface area contributed by atoms with Crippen LogP contribution >= 0.6 is 15.9 Å². The normalized spacial score (nSPS) is 10.3. The minimum atomic E-state index is -0.326. The summed E-state index contributed by atoms with van der Waals surface area (Å²) in [6, 6.07) is 10.4. The lowest BCUT2D eigenvalue weighted by Gasteiger charge is -2.06. The van der Waals surface area contributed by atoms with E-state index in [-0.39, 0.29) is 17.6 Å². The highest BCUT2D eigenvalue weighted by Gasteiger charge is 2.10. The number of carbonyl (C=O) groups is 2. The van der Waals surface area contributed by atoms with Crippen LogP contribution in [0.3, 0.4) is 0 Å². The van der Waals surface area contributed by atoms with Crippen molar-refractivity contribution >= 4 is 33.4 Å². The molecule has 1 heterocycles. The van der Waals surface area contributed by atoms with E-state index in [4.69, 9.17) is 4.42 Å². The molecule has 0 aliphatic carbocycles. The van der Waals surface area contributed by atoms with Crippen LogP contribution in [0.25, 0.3) is 0 Å². The summed E-state index contributed by atoms with van der Waals surface area (Å²) in [4.78, 5) is 23.7. The van der Waals surface area contributed by atoms with Gasteiger partial charge in [0.15, 0.2) is 10.4 Å². The Balaban J connectivity index is 1.87. The fourth-order valence-corrected chi connectivity index (χ4v) is 2.22. The summed E-state index contributed by atoms with van der Waals surface area (Å²) in [7, 11) is 1.83. The Bertz CT molecular complexity index is 667. The van der Waals surface area contributed by atoms with Crippen molar-refractivity contribution in [3.8, 4) is 0 Å². The number of halogens is 1. The lowest BCUT2D eigenvalue weighted by molar-refractivity contribution is -0.120. The fraction of sp³-hybridized carbons (Fsp3) is 0.250. The third-order valence-electron chi connectivity index (χ3n) is 3.07. The smallest absolute Gasteiger partial charge is 0.291 e. The number of carbonyl (C=O) groups excluding carboxylic acids is 2. The Kier molecular flexibility index (Phi) is 6.37. The average molecular weight is 380 g/mol. The number of furan rings is 1. The van der Waals surface area contributed by atoms with E-state index in [0.29, 0.717) is 23.3 Å². The van der Waals surface area contributed by atoms with Crippen LogP contribution in [0.1, 0.15) is 16.1 Å². The molecule has 0 unspecified atom stereocenters. The second-order valence-electron chi connectivity index (χ2n) is 4.89. The van der Waals surface area contributed by atoms with Crippen molar-refractivity contribution in [3.63, 3.8) is 0 Å². The van der Waals surface area contributed by atoms with Gasteiger partial charge in [0, 0.05) is 18.8 Å². The van der Waals surface area contributed by atoms with E-state index in [2.05, 4.69) is 31.9 Å². The summed E-state index contributed by atoms with van der Waals surface area (Å²) in [5.41, 5.74) is 1.52. The Morgan fingerprint density at radius 3 is 2.43 bits per heavy atom. The highest BCUT2D eigenvalue weighted by atomic mass is 79.9. The van der Waals surface area contributed by atoms with E-state index in [1.54, 1.807) is 24.3 Å². The van der Waals surface area contributed by atoms with Crippen molar-refractivity contribution < 1.29 is 14.0 Å². The molecule has 0 atom stereocenters. The number of anilines is 1. The van der Waals surface area contributed by atoms with Gasteiger partial charge < -0.3 is 20.4 Å². The SMILES string of the molecule is CNCCNC(=O)Cc1ccc(NC(=O)c2ccc(Br)o2)cc1. The van der Waals surface area contributed by atoms with Gasteiger partial charge in [-0.05, 0) is 52.8 Å². The van der Waals surface area contributed by atoms with Crippen LogP contribution in [0.2, 0.25) is 0 Å². The van der Waals surface area contributed by atoms with Crippen molar-refractivity contribution in [2.75, 3.05) is 25.5 Å². The molecular formula is C16H18BrN3O3. The van der Waals surface area contributed by atoms with Crippen molar-refractivity contribution in [2.24, 2.45) is 0 Å². The first-order valence-electron chi connectivity index (χ1n) is 7.15. The molecule has 1 aromatic carbocycles. The molecule has 0 aliphatic rings. The molecule has 7 heteroatoms. The van der Waals surface area contributed by atoms with E-state index in [9.17, 15) is 9.59 Å². The van der Waals surface area contributed by atoms with E-state index < -0.39 is 0 Å². The predicted octanol–water partition coefficient (Wildman–Crippen LogP) is 2.17. The summed E-state index contributed by atoms with van der Waals surface area (Å²) in [5, 5.41) is 8.51. The highest BCUT2D eigenvalue weighted by Crippen LogP contribution is 2.16. The van der Waals surface area contributed by atoms with Gasteiger partial charge in [-0.1, -0.05) is 12.1 Å². The second-order valence-corrected chi connectivity index (χ2v) is 5.67. The van der Waals surface area contributed by atoms with Gasteiger partial charge in [0.25, 0.3) is 5.91 Å². The maximum atomic E-state index is 11.9. The number of amides is 2. The predicted molar refractivity (Wildman–Crippen MR) is 91.4 cm³/mol. The maximum Gasteiger partial charge on any atom is 0.291 e. The van der Waals surface area contributed by atoms with Gasteiger partial charge in [0.1, 0.15) is 0 Å². The van der Waals surface area contributed by atoms with Crippen LogP contribution in [-0.4, -0.2) is 32.0 Å². The van der Waals surface area contributed by atoms with Crippen LogP contribution in [0, 0.1) is 0 Å². The molecule has 2 amide bonds. The molecule has 2 rings (SSSR count). The third-order valence-corrected chi connectivity index (χ3v) is 3.50. The first kappa shape index (κ1) is 17.2. The van der Waals surface area contributed by atoms with Gasteiger partial charge in [-0.25, -0.2) is 0 Å². The molecule has 6 nitrogen and oxygen atoms in total. The van der Waals surface area contributed by atoms with Gasteiger partial charge >= 0.3 is 0 Å². The minimum Gasteiger partial charge on any atom is -0.444 e. The topological polar surface area (TPSA) is 83.4 Å². The standard InChI is InChI=1S/C16H18BrN3O3/c1-18-8-9-19-15(21)10-11-2-4-12(5-3-11)20-16(22)13-6-7-14(17)23-13/h2-7,18H,8-10H2,1H3,(H,19,21)(H,20,22). The Morgan fingerprint density at radius 2 is 1.83 bits per heavy atom. The zero-order valence-electron chi connectivity index (χ0n) is 12.7. The van der Waals surface area contributed by atoms with Crippen LogP contribution in [0.15, 0.2) is 45.5 Å². The molecule has 2 aromatic rings. The number of nitrogens with one attached hydrogen (secondary N) is 3. The molecule has 0 bridgehead atoms. The van der Waals surface area contributed by atoms with Crippen molar-refractivity contribution in [3.05, 3.63) is 52.4 Å². The number of hydrogen-bond donors (Lipinski definition) is 3. The fourth-order valence-electron chi connectivity index (χ4n) is 1.91. The summed E-state index contributed by atoms with van der Waals surface area (Å²) in [6.45, 7) is 1.34. The zero-order chi connectivity index (χ0) is 16.7. The van der Waals surface area contributed by atoms with Gasteiger partial charge in [-0.15, -0.1) is 0 Å². The molecule has 1 aromatic heterocycles. The Morgan fingerprint density at radius 1 is 1.09 bits per heavy atom. The van der Waals surface area contributed by atoms with Crippen molar-refractivity contribution in [2.45, 2.75) is 6.42 Å². The number of likely N-dealkylation sites (N-methyl/N-ethyl adjacent to an activating group) is 1. The molecule has 0 radical (unpaired) electrons.